The topological polar surface area (TPSA) is 79.9 Å². The molecular formula is C8H16N4. The second kappa shape index (κ2) is 4.92. The van der Waals surface area contributed by atoms with Gasteiger partial charge >= 0.3 is 0 Å². The van der Waals surface area contributed by atoms with Gasteiger partial charge in [0.25, 0.3) is 0 Å². The number of rotatable bonds is 5. The zero-order chi connectivity index (χ0) is 8.81. The van der Waals surface area contributed by atoms with Crippen molar-refractivity contribution in [3.05, 3.63) is 24.0 Å². The highest BCUT2D eigenvalue weighted by molar-refractivity contribution is 5.07. The van der Waals surface area contributed by atoms with E-state index >= 15 is 0 Å². The van der Waals surface area contributed by atoms with Crippen LogP contribution in [0.15, 0.2) is 18.5 Å². The van der Waals surface area contributed by atoms with Crippen LogP contribution < -0.4 is 16.8 Å². The highest BCUT2D eigenvalue weighted by Crippen LogP contribution is 1.94. The molecule has 0 bridgehead atoms. The van der Waals surface area contributed by atoms with Crippen LogP contribution in [0.1, 0.15) is 5.56 Å². The van der Waals surface area contributed by atoms with Gasteiger partial charge in [-0.3, -0.25) is 0 Å². The molecule has 0 aliphatic heterocycles. The molecule has 0 spiro atoms. The first-order valence-corrected chi connectivity index (χ1v) is 4.11. The number of nitrogens with one attached hydrogen (secondary N) is 2. The molecule has 4 heteroatoms. The fourth-order valence-electron chi connectivity index (χ4n) is 0.954. The van der Waals surface area contributed by atoms with Gasteiger partial charge in [0, 0.05) is 38.1 Å². The summed E-state index contributed by atoms with van der Waals surface area (Å²) in [6.45, 7) is 2.14. The molecule has 0 saturated carbocycles. The van der Waals surface area contributed by atoms with Crippen LogP contribution in [-0.4, -0.2) is 24.1 Å². The van der Waals surface area contributed by atoms with E-state index in [0.717, 1.165) is 13.1 Å². The summed E-state index contributed by atoms with van der Waals surface area (Å²) in [6.07, 6.45) is 3.86. The standard InChI is InChI=1S/C8H16N4/c9-3-8(10)6-12-5-7-1-2-11-4-7/h1-2,4,8,11-12H,3,5-6,9-10H2. The van der Waals surface area contributed by atoms with E-state index < -0.39 is 0 Å². The second-order valence-corrected chi connectivity index (χ2v) is 2.85. The number of nitrogens with two attached hydrogens (primary N) is 2. The monoisotopic (exact) mass is 168 g/mol. The first kappa shape index (κ1) is 9.25. The molecule has 68 valence electrons. The van der Waals surface area contributed by atoms with E-state index in [1.54, 1.807) is 0 Å². The van der Waals surface area contributed by atoms with E-state index in [9.17, 15) is 0 Å². The van der Waals surface area contributed by atoms with Gasteiger partial charge in [-0.25, -0.2) is 0 Å². The van der Waals surface area contributed by atoms with Gasteiger partial charge in [0.05, 0.1) is 0 Å². The molecule has 0 saturated heterocycles. The van der Waals surface area contributed by atoms with Crippen molar-refractivity contribution in [1.82, 2.24) is 10.3 Å². The molecule has 0 aromatic carbocycles. The minimum atomic E-state index is 0.0592. The molecule has 0 aliphatic rings. The Balaban J connectivity index is 2.11. The molecule has 0 radical (unpaired) electrons. The average Bonchev–Trinajstić information content (AvgIpc) is 2.57. The average molecular weight is 168 g/mol. The molecule has 4 nitrogen and oxygen atoms in total. The number of hydrogen-bond acceptors (Lipinski definition) is 3. The summed E-state index contributed by atoms with van der Waals surface area (Å²) < 4.78 is 0. The van der Waals surface area contributed by atoms with Crippen LogP contribution in [0.4, 0.5) is 0 Å². The summed E-state index contributed by atoms with van der Waals surface area (Å²) in [6, 6.07) is 2.09. The minimum absolute atomic E-state index is 0.0592. The zero-order valence-electron chi connectivity index (χ0n) is 7.09. The lowest BCUT2D eigenvalue weighted by atomic mass is 10.3. The Hall–Kier alpha value is -0.840. The van der Waals surface area contributed by atoms with Crippen LogP contribution in [0.2, 0.25) is 0 Å². The van der Waals surface area contributed by atoms with Gasteiger partial charge in [0.1, 0.15) is 0 Å². The van der Waals surface area contributed by atoms with E-state index in [4.69, 9.17) is 11.5 Å². The normalized spacial score (nSPS) is 13.2. The Morgan fingerprint density at radius 2 is 2.42 bits per heavy atom. The van der Waals surface area contributed by atoms with E-state index in [0.29, 0.717) is 6.54 Å². The summed E-state index contributed by atoms with van der Waals surface area (Å²) in [7, 11) is 0. The van der Waals surface area contributed by atoms with Crippen molar-refractivity contribution in [2.24, 2.45) is 11.5 Å². The minimum Gasteiger partial charge on any atom is -0.367 e. The van der Waals surface area contributed by atoms with Gasteiger partial charge in [-0.05, 0) is 11.6 Å². The Kier molecular flexibility index (Phi) is 3.79. The summed E-state index contributed by atoms with van der Waals surface area (Å²) in [5.41, 5.74) is 12.2. The molecule has 1 atom stereocenters. The fraction of sp³-hybridized carbons (Fsp3) is 0.500. The highest BCUT2D eigenvalue weighted by atomic mass is 14.9. The summed E-state index contributed by atoms with van der Waals surface area (Å²) in [5.74, 6) is 0. The van der Waals surface area contributed by atoms with E-state index in [-0.39, 0.29) is 6.04 Å². The van der Waals surface area contributed by atoms with Crippen LogP contribution in [0.5, 0.6) is 0 Å². The van der Waals surface area contributed by atoms with Gasteiger partial charge in [-0.15, -0.1) is 0 Å². The third kappa shape index (κ3) is 3.04. The highest BCUT2D eigenvalue weighted by Gasteiger charge is 1.97. The summed E-state index contributed by atoms with van der Waals surface area (Å²) in [4.78, 5) is 2.99. The van der Waals surface area contributed by atoms with Crippen LogP contribution >= 0.6 is 0 Å². The Morgan fingerprint density at radius 3 is 3.00 bits per heavy atom. The van der Waals surface area contributed by atoms with Crippen molar-refractivity contribution in [3.63, 3.8) is 0 Å². The molecule has 0 amide bonds. The molecule has 1 heterocycles. The smallest absolute Gasteiger partial charge is 0.0290 e. The molecule has 0 fully saturated rings. The van der Waals surface area contributed by atoms with Gasteiger partial charge in [-0.2, -0.15) is 0 Å². The van der Waals surface area contributed by atoms with Gasteiger partial charge in [0.2, 0.25) is 0 Å². The van der Waals surface area contributed by atoms with Crippen LogP contribution in [0.3, 0.4) is 0 Å². The maximum Gasteiger partial charge on any atom is 0.0290 e. The van der Waals surface area contributed by atoms with Crippen LogP contribution in [0, 0.1) is 0 Å². The van der Waals surface area contributed by atoms with E-state index in [1.807, 2.05) is 18.5 Å². The molecule has 0 aliphatic carbocycles. The fourth-order valence-corrected chi connectivity index (χ4v) is 0.954. The van der Waals surface area contributed by atoms with Crippen LogP contribution in [-0.2, 0) is 6.54 Å². The Morgan fingerprint density at radius 1 is 1.58 bits per heavy atom. The maximum atomic E-state index is 5.62. The van der Waals surface area contributed by atoms with Crippen molar-refractivity contribution in [3.8, 4) is 0 Å². The second-order valence-electron chi connectivity index (χ2n) is 2.85. The SMILES string of the molecule is NCC(N)CNCc1cc[nH]c1. The number of H-pyrrole nitrogens is 1. The van der Waals surface area contributed by atoms with Crippen LogP contribution in [0.25, 0.3) is 0 Å². The Bertz CT molecular complexity index is 195. The predicted molar refractivity (Wildman–Crippen MR) is 49.5 cm³/mol. The maximum absolute atomic E-state index is 5.62. The van der Waals surface area contributed by atoms with Crippen molar-refractivity contribution < 1.29 is 0 Å². The Labute approximate surface area is 72.3 Å². The molecule has 1 unspecified atom stereocenters. The lowest BCUT2D eigenvalue weighted by Crippen LogP contribution is -2.39. The van der Waals surface area contributed by atoms with E-state index in [1.165, 1.54) is 5.56 Å². The predicted octanol–water partition coefficient (Wildman–Crippen LogP) is -0.610. The zero-order valence-corrected chi connectivity index (χ0v) is 7.09. The van der Waals surface area contributed by atoms with E-state index in [2.05, 4.69) is 10.3 Å². The molecule has 1 rings (SSSR count). The first-order chi connectivity index (χ1) is 5.83. The van der Waals surface area contributed by atoms with Crippen molar-refractivity contribution in [2.75, 3.05) is 13.1 Å². The third-order valence-corrected chi connectivity index (χ3v) is 1.70. The molecular weight excluding hydrogens is 152 g/mol. The number of aromatic amines is 1. The number of aromatic nitrogens is 1. The van der Waals surface area contributed by atoms with Gasteiger partial charge in [-0.1, -0.05) is 0 Å². The number of hydrogen-bond donors (Lipinski definition) is 4. The van der Waals surface area contributed by atoms with Gasteiger partial charge in [0.15, 0.2) is 0 Å². The van der Waals surface area contributed by atoms with Crippen molar-refractivity contribution >= 4 is 0 Å². The molecule has 1 aromatic heterocycles. The largest absolute Gasteiger partial charge is 0.367 e. The summed E-state index contributed by atoms with van der Waals surface area (Å²) in [5, 5.41) is 3.21. The molecule has 6 N–H and O–H groups in total. The van der Waals surface area contributed by atoms with Gasteiger partial charge < -0.3 is 21.8 Å². The molecule has 12 heavy (non-hydrogen) atoms. The lowest BCUT2D eigenvalue weighted by molar-refractivity contribution is 0.582. The van der Waals surface area contributed by atoms with Crippen molar-refractivity contribution in [2.45, 2.75) is 12.6 Å². The third-order valence-electron chi connectivity index (χ3n) is 1.70. The lowest BCUT2D eigenvalue weighted by Gasteiger charge is -2.08. The van der Waals surface area contributed by atoms with Crippen molar-refractivity contribution in [1.29, 1.82) is 0 Å². The quantitative estimate of drug-likeness (QED) is 0.473. The summed E-state index contributed by atoms with van der Waals surface area (Å²) >= 11 is 0. The molecule has 1 aromatic rings. The first-order valence-electron chi connectivity index (χ1n) is 4.11.